The van der Waals surface area contributed by atoms with Gasteiger partial charge in [-0.1, -0.05) is 12.1 Å². The van der Waals surface area contributed by atoms with E-state index in [2.05, 4.69) is 5.43 Å². The van der Waals surface area contributed by atoms with E-state index in [0.717, 1.165) is 5.56 Å². The summed E-state index contributed by atoms with van der Waals surface area (Å²) in [6.45, 7) is 2.09. The summed E-state index contributed by atoms with van der Waals surface area (Å²) >= 11 is 0. The Morgan fingerprint density at radius 3 is 2.47 bits per heavy atom. The summed E-state index contributed by atoms with van der Waals surface area (Å²) < 4.78 is 18.4. The molecule has 2 atom stereocenters. The summed E-state index contributed by atoms with van der Waals surface area (Å²) in [4.78, 5) is 43.1. The van der Waals surface area contributed by atoms with Crippen LogP contribution >= 0.6 is 0 Å². The topological polar surface area (TPSA) is 89.3 Å². The number of piperazine rings is 1. The number of carbonyl (C=O) groups is 3. The minimum atomic E-state index is -0.369. The van der Waals surface area contributed by atoms with Crippen molar-refractivity contribution in [2.45, 2.75) is 24.9 Å². The van der Waals surface area contributed by atoms with E-state index >= 15 is 0 Å². The SMILES string of the molecule is O=C1C2CC(c3ccc(F)cc3)NN2C=CN1CCC(=O)N1CCN(C(=O)c2ccco2)CC1. The van der Waals surface area contributed by atoms with Crippen LogP contribution in [0.15, 0.2) is 59.5 Å². The maximum Gasteiger partial charge on any atom is 0.289 e. The Labute approximate surface area is 196 Å². The smallest absolute Gasteiger partial charge is 0.289 e. The minimum Gasteiger partial charge on any atom is -0.459 e. The summed E-state index contributed by atoms with van der Waals surface area (Å²) in [5.74, 6) is -0.275. The molecule has 2 unspecified atom stereocenters. The van der Waals surface area contributed by atoms with Crippen LogP contribution in [0.4, 0.5) is 4.39 Å². The quantitative estimate of drug-likeness (QED) is 0.721. The third-order valence-corrected chi connectivity index (χ3v) is 6.57. The number of rotatable bonds is 5. The van der Waals surface area contributed by atoms with Gasteiger partial charge in [-0.15, -0.1) is 0 Å². The first-order chi connectivity index (χ1) is 16.5. The van der Waals surface area contributed by atoms with Gasteiger partial charge in [-0.2, -0.15) is 0 Å². The molecule has 0 spiro atoms. The highest BCUT2D eigenvalue weighted by atomic mass is 19.1. The molecule has 1 aromatic carbocycles. The second-order valence-electron chi connectivity index (χ2n) is 8.62. The fourth-order valence-electron chi connectivity index (χ4n) is 4.62. The van der Waals surface area contributed by atoms with Gasteiger partial charge >= 0.3 is 0 Å². The van der Waals surface area contributed by atoms with Crippen LogP contribution in [0, 0.1) is 5.82 Å². The number of hydrazine groups is 1. The van der Waals surface area contributed by atoms with Crippen LogP contribution in [-0.4, -0.2) is 76.2 Å². The second-order valence-corrected chi connectivity index (χ2v) is 8.62. The van der Waals surface area contributed by atoms with E-state index in [1.54, 1.807) is 56.4 Å². The third kappa shape index (κ3) is 4.41. The van der Waals surface area contributed by atoms with E-state index in [-0.39, 0.29) is 42.0 Å². The average Bonchev–Trinajstić information content (AvgIpc) is 3.54. The number of halogens is 1. The molecule has 2 saturated heterocycles. The number of amides is 3. The molecule has 178 valence electrons. The van der Waals surface area contributed by atoms with Gasteiger partial charge in [-0.3, -0.25) is 14.4 Å². The molecule has 0 bridgehead atoms. The van der Waals surface area contributed by atoms with Gasteiger partial charge in [0.05, 0.1) is 12.3 Å². The van der Waals surface area contributed by atoms with Crippen molar-refractivity contribution in [3.05, 3.63) is 72.2 Å². The zero-order chi connectivity index (χ0) is 23.7. The third-order valence-electron chi connectivity index (χ3n) is 6.57. The lowest BCUT2D eigenvalue weighted by molar-refractivity contribution is -0.136. The van der Waals surface area contributed by atoms with Crippen molar-refractivity contribution in [3.8, 4) is 0 Å². The Kier molecular flexibility index (Phi) is 6.06. The summed E-state index contributed by atoms with van der Waals surface area (Å²) in [7, 11) is 0. The zero-order valence-electron chi connectivity index (χ0n) is 18.6. The van der Waals surface area contributed by atoms with Crippen molar-refractivity contribution in [1.82, 2.24) is 25.1 Å². The van der Waals surface area contributed by atoms with Crippen molar-refractivity contribution < 1.29 is 23.2 Å². The Hall–Kier alpha value is -3.66. The van der Waals surface area contributed by atoms with E-state index in [4.69, 9.17) is 4.42 Å². The van der Waals surface area contributed by atoms with Crippen LogP contribution < -0.4 is 5.43 Å². The van der Waals surface area contributed by atoms with E-state index in [0.29, 0.717) is 44.9 Å². The zero-order valence-corrected chi connectivity index (χ0v) is 18.6. The number of nitrogens with one attached hydrogen (secondary N) is 1. The Bertz CT molecular complexity index is 1080. The molecule has 9 nitrogen and oxygen atoms in total. The molecular formula is C24H26FN5O4. The first-order valence-electron chi connectivity index (χ1n) is 11.4. The predicted octanol–water partition coefficient (Wildman–Crippen LogP) is 1.73. The molecule has 1 N–H and O–H groups in total. The highest BCUT2D eigenvalue weighted by molar-refractivity contribution is 5.91. The van der Waals surface area contributed by atoms with E-state index in [9.17, 15) is 18.8 Å². The Morgan fingerprint density at radius 1 is 1.03 bits per heavy atom. The molecular weight excluding hydrogens is 441 g/mol. The highest BCUT2D eigenvalue weighted by Gasteiger charge is 2.40. The number of hydrogen-bond donors (Lipinski definition) is 1. The molecule has 34 heavy (non-hydrogen) atoms. The number of carbonyl (C=O) groups excluding carboxylic acids is 3. The number of fused-ring (bicyclic) bond motifs is 1. The van der Waals surface area contributed by atoms with Gasteiger partial charge in [0.25, 0.3) is 11.8 Å². The molecule has 3 amide bonds. The monoisotopic (exact) mass is 467 g/mol. The fourth-order valence-corrected chi connectivity index (χ4v) is 4.62. The maximum absolute atomic E-state index is 13.2. The molecule has 5 rings (SSSR count). The van der Waals surface area contributed by atoms with Gasteiger partial charge in [0.2, 0.25) is 5.91 Å². The van der Waals surface area contributed by atoms with Crippen molar-refractivity contribution in [3.63, 3.8) is 0 Å². The van der Waals surface area contributed by atoms with Gasteiger partial charge in [0.15, 0.2) is 5.76 Å². The standard InChI is InChI=1S/C24H26FN5O4/c25-18-5-3-17(4-6-18)19-16-20-23(32)28(13-14-30(20)26-19)8-7-22(31)27-9-11-29(12-10-27)24(33)21-2-1-15-34-21/h1-6,13-15,19-20,26H,7-12,16H2. The number of furan rings is 1. The van der Waals surface area contributed by atoms with Crippen LogP contribution in [0.2, 0.25) is 0 Å². The second kappa shape index (κ2) is 9.30. The van der Waals surface area contributed by atoms with E-state index in [1.807, 2.05) is 0 Å². The molecule has 1 aromatic heterocycles. The molecule has 0 radical (unpaired) electrons. The summed E-state index contributed by atoms with van der Waals surface area (Å²) in [6.07, 6.45) is 5.73. The van der Waals surface area contributed by atoms with Crippen molar-refractivity contribution in [2.24, 2.45) is 0 Å². The Morgan fingerprint density at radius 2 is 1.76 bits per heavy atom. The van der Waals surface area contributed by atoms with Crippen molar-refractivity contribution in [1.29, 1.82) is 0 Å². The summed E-state index contributed by atoms with van der Waals surface area (Å²) in [6, 6.07) is 9.12. The molecule has 0 aliphatic carbocycles. The van der Waals surface area contributed by atoms with Crippen molar-refractivity contribution >= 4 is 17.7 Å². The number of hydrogen-bond acceptors (Lipinski definition) is 6. The van der Waals surface area contributed by atoms with Gasteiger partial charge in [-0.25, -0.2) is 9.82 Å². The van der Waals surface area contributed by atoms with Crippen LogP contribution in [-0.2, 0) is 9.59 Å². The highest BCUT2D eigenvalue weighted by Crippen LogP contribution is 2.31. The lowest BCUT2D eigenvalue weighted by atomic mass is 10.0. The van der Waals surface area contributed by atoms with Crippen LogP contribution in [0.1, 0.15) is 35.0 Å². The summed E-state index contributed by atoms with van der Waals surface area (Å²) in [5.41, 5.74) is 4.20. The molecule has 4 heterocycles. The lowest BCUT2D eigenvalue weighted by Gasteiger charge is -2.35. The molecule has 2 fully saturated rings. The van der Waals surface area contributed by atoms with Crippen LogP contribution in [0.5, 0.6) is 0 Å². The molecule has 0 saturated carbocycles. The molecule has 10 heteroatoms. The van der Waals surface area contributed by atoms with Crippen molar-refractivity contribution in [2.75, 3.05) is 32.7 Å². The minimum absolute atomic E-state index is 0.0394. The molecule has 2 aromatic rings. The largest absolute Gasteiger partial charge is 0.459 e. The molecule has 3 aliphatic heterocycles. The first kappa shape index (κ1) is 22.1. The number of benzene rings is 1. The molecule has 3 aliphatic rings. The average molecular weight is 468 g/mol. The maximum atomic E-state index is 13.2. The van der Waals surface area contributed by atoms with Crippen LogP contribution in [0.25, 0.3) is 0 Å². The normalized spacial score (nSPS) is 22.3. The number of nitrogens with zero attached hydrogens (tertiary/aromatic N) is 4. The van der Waals surface area contributed by atoms with Crippen LogP contribution in [0.3, 0.4) is 0 Å². The van der Waals surface area contributed by atoms with E-state index in [1.165, 1.54) is 18.4 Å². The van der Waals surface area contributed by atoms with Gasteiger partial charge in [0.1, 0.15) is 11.9 Å². The lowest BCUT2D eigenvalue weighted by Crippen LogP contribution is -2.51. The van der Waals surface area contributed by atoms with Gasteiger partial charge in [-0.05, 0) is 36.2 Å². The summed E-state index contributed by atoms with van der Waals surface area (Å²) in [5, 5.41) is 1.78. The van der Waals surface area contributed by atoms with Gasteiger partial charge in [0, 0.05) is 51.5 Å². The predicted molar refractivity (Wildman–Crippen MR) is 119 cm³/mol. The Balaban J connectivity index is 1.10. The fraction of sp³-hybridized carbons (Fsp3) is 0.375. The van der Waals surface area contributed by atoms with Gasteiger partial charge < -0.3 is 24.1 Å². The first-order valence-corrected chi connectivity index (χ1v) is 11.4. The van der Waals surface area contributed by atoms with E-state index < -0.39 is 0 Å².